The Balaban J connectivity index is 1.37. The molecule has 2 aromatic carbocycles. The van der Waals surface area contributed by atoms with E-state index in [0.29, 0.717) is 24.2 Å². The maximum Gasteiger partial charge on any atom is 0.287 e. The maximum atomic E-state index is 12.1. The van der Waals surface area contributed by atoms with E-state index < -0.39 is 5.91 Å². The van der Waals surface area contributed by atoms with Crippen LogP contribution >= 0.6 is 0 Å². The number of aromatic amines is 1. The van der Waals surface area contributed by atoms with Crippen molar-refractivity contribution in [3.05, 3.63) is 78.0 Å². The van der Waals surface area contributed by atoms with Gasteiger partial charge in [0, 0.05) is 24.1 Å². The van der Waals surface area contributed by atoms with Crippen molar-refractivity contribution in [2.75, 3.05) is 6.54 Å². The highest BCUT2D eigenvalue weighted by Crippen LogP contribution is 2.16. The summed E-state index contributed by atoms with van der Waals surface area (Å²) < 4.78 is 0. The molecule has 8 nitrogen and oxygen atoms in total. The number of H-pyrrole nitrogens is 1. The Morgan fingerprint density at radius 3 is 2.28 bits per heavy atom. The molecule has 0 aliphatic heterocycles. The number of amides is 3. The summed E-state index contributed by atoms with van der Waals surface area (Å²) in [5.41, 5.74) is 7.01. The minimum absolute atomic E-state index is 0.160. The van der Waals surface area contributed by atoms with E-state index in [0.717, 1.165) is 5.56 Å². The van der Waals surface area contributed by atoms with Crippen LogP contribution in [0.25, 0.3) is 11.3 Å². The number of nitrogens with zero attached hydrogens (tertiary/aromatic N) is 1. The van der Waals surface area contributed by atoms with Gasteiger partial charge in [-0.25, -0.2) is 0 Å². The van der Waals surface area contributed by atoms with Gasteiger partial charge >= 0.3 is 0 Å². The number of nitrogens with one attached hydrogen (secondary N) is 4. The first-order valence-electron chi connectivity index (χ1n) is 9.17. The fourth-order valence-electron chi connectivity index (χ4n) is 2.59. The first-order chi connectivity index (χ1) is 14.1. The molecule has 0 aliphatic carbocycles. The molecule has 0 saturated carbocycles. The van der Waals surface area contributed by atoms with Crippen LogP contribution in [0.15, 0.2) is 66.7 Å². The zero-order valence-corrected chi connectivity index (χ0v) is 15.6. The van der Waals surface area contributed by atoms with E-state index >= 15 is 0 Å². The zero-order chi connectivity index (χ0) is 20.5. The predicted molar refractivity (Wildman–Crippen MR) is 108 cm³/mol. The van der Waals surface area contributed by atoms with Gasteiger partial charge in [-0.1, -0.05) is 48.5 Å². The number of hydrazine groups is 1. The van der Waals surface area contributed by atoms with E-state index in [1.807, 2.05) is 36.4 Å². The lowest BCUT2D eigenvalue weighted by molar-refractivity contribution is -0.121. The number of benzene rings is 2. The summed E-state index contributed by atoms with van der Waals surface area (Å²) in [4.78, 5) is 35.9. The van der Waals surface area contributed by atoms with E-state index in [9.17, 15) is 14.4 Å². The van der Waals surface area contributed by atoms with Crippen LogP contribution in [-0.4, -0.2) is 34.5 Å². The molecule has 0 saturated heterocycles. The van der Waals surface area contributed by atoms with Gasteiger partial charge in [-0.15, -0.1) is 0 Å². The van der Waals surface area contributed by atoms with Gasteiger partial charge in [0.15, 0.2) is 0 Å². The van der Waals surface area contributed by atoms with Crippen LogP contribution in [0.4, 0.5) is 0 Å². The largest absolute Gasteiger partial charge is 0.352 e. The SMILES string of the molecule is O=C(CCCNC(=O)c1ccccc1)NNC(=O)c1cc(-c2ccccc2)n[nH]1. The molecule has 8 heteroatoms. The number of rotatable bonds is 7. The Morgan fingerprint density at radius 2 is 1.55 bits per heavy atom. The van der Waals surface area contributed by atoms with Gasteiger partial charge in [-0.2, -0.15) is 5.10 Å². The Bertz CT molecular complexity index is 970. The molecule has 3 amide bonds. The number of hydrogen-bond donors (Lipinski definition) is 4. The molecule has 0 aliphatic rings. The van der Waals surface area contributed by atoms with Crippen molar-refractivity contribution in [2.45, 2.75) is 12.8 Å². The number of carbonyl (C=O) groups excluding carboxylic acids is 3. The summed E-state index contributed by atoms with van der Waals surface area (Å²) in [6.07, 6.45) is 0.607. The lowest BCUT2D eigenvalue weighted by Crippen LogP contribution is -2.42. The monoisotopic (exact) mass is 391 g/mol. The number of carbonyl (C=O) groups is 3. The van der Waals surface area contributed by atoms with Crippen molar-refractivity contribution in [3.8, 4) is 11.3 Å². The van der Waals surface area contributed by atoms with Gasteiger partial charge in [-0.3, -0.25) is 30.3 Å². The van der Waals surface area contributed by atoms with Crippen LogP contribution in [0.5, 0.6) is 0 Å². The van der Waals surface area contributed by atoms with Crippen LogP contribution in [0.1, 0.15) is 33.7 Å². The van der Waals surface area contributed by atoms with E-state index in [1.165, 1.54) is 0 Å². The molecule has 4 N–H and O–H groups in total. The number of aromatic nitrogens is 2. The lowest BCUT2D eigenvalue weighted by Gasteiger charge is -2.07. The average Bonchev–Trinajstić information content (AvgIpc) is 3.26. The Morgan fingerprint density at radius 1 is 0.862 bits per heavy atom. The zero-order valence-electron chi connectivity index (χ0n) is 15.6. The average molecular weight is 391 g/mol. The van der Waals surface area contributed by atoms with Crippen molar-refractivity contribution >= 4 is 17.7 Å². The summed E-state index contributed by atoms with van der Waals surface area (Å²) in [6, 6.07) is 19.9. The summed E-state index contributed by atoms with van der Waals surface area (Å²) in [6.45, 7) is 0.357. The van der Waals surface area contributed by atoms with Crippen LogP contribution in [0.3, 0.4) is 0 Å². The molecule has 1 heterocycles. The Kier molecular flexibility index (Phi) is 6.72. The third kappa shape index (κ3) is 5.77. The second kappa shape index (κ2) is 9.84. The molecule has 0 radical (unpaired) electrons. The molecule has 3 aromatic rings. The highest BCUT2D eigenvalue weighted by atomic mass is 16.2. The van der Waals surface area contributed by atoms with Crippen molar-refractivity contribution in [3.63, 3.8) is 0 Å². The summed E-state index contributed by atoms with van der Waals surface area (Å²) in [7, 11) is 0. The fraction of sp³-hybridized carbons (Fsp3) is 0.143. The molecule has 3 rings (SSSR count). The molecule has 29 heavy (non-hydrogen) atoms. The predicted octanol–water partition coefficient (Wildman–Crippen LogP) is 2.05. The minimum Gasteiger partial charge on any atom is -0.352 e. The molecule has 0 spiro atoms. The molecule has 0 unspecified atom stereocenters. The normalized spacial score (nSPS) is 10.2. The first-order valence-corrected chi connectivity index (χ1v) is 9.17. The van der Waals surface area contributed by atoms with Gasteiger partial charge in [0.05, 0.1) is 5.69 Å². The highest BCUT2D eigenvalue weighted by Gasteiger charge is 2.12. The second-order valence-electron chi connectivity index (χ2n) is 6.26. The third-order valence-corrected chi connectivity index (χ3v) is 4.11. The summed E-state index contributed by atoms with van der Waals surface area (Å²) >= 11 is 0. The van der Waals surface area contributed by atoms with Gasteiger partial charge in [0.25, 0.3) is 11.8 Å². The van der Waals surface area contributed by atoms with Crippen molar-refractivity contribution in [1.82, 2.24) is 26.4 Å². The van der Waals surface area contributed by atoms with E-state index in [1.54, 1.807) is 30.3 Å². The minimum atomic E-state index is -0.495. The van der Waals surface area contributed by atoms with Crippen molar-refractivity contribution in [1.29, 1.82) is 0 Å². The molecule has 0 bridgehead atoms. The summed E-state index contributed by atoms with van der Waals surface area (Å²) in [5, 5.41) is 9.49. The lowest BCUT2D eigenvalue weighted by atomic mass is 10.1. The van der Waals surface area contributed by atoms with E-state index in [2.05, 4.69) is 26.4 Å². The second-order valence-corrected chi connectivity index (χ2v) is 6.26. The third-order valence-electron chi connectivity index (χ3n) is 4.11. The van der Waals surface area contributed by atoms with Crippen LogP contribution in [0, 0.1) is 0 Å². The van der Waals surface area contributed by atoms with E-state index in [4.69, 9.17) is 0 Å². The molecule has 0 fully saturated rings. The molecule has 0 atom stereocenters. The van der Waals surface area contributed by atoms with Crippen molar-refractivity contribution in [2.24, 2.45) is 0 Å². The molecule has 148 valence electrons. The standard InChI is InChI=1S/C21H21N5O3/c27-19(12-7-13-22-20(28)16-10-5-2-6-11-16)25-26-21(29)18-14-17(23-24-18)15-8-3-1-4-9-15/h1-6,8-11,14H,7,12-13H2,(H,22,28)(H,23,24)(H,25,27)(H,26,29). The molecular weight excluding hydrogens is 370 g/mol. The quantitative estimate of drug-likeness (QED) is 0.364. The highest BCUT2D eigenvalue weighted by molar-refractivity contribution is 5.95. The van der Waals surface area contributed by atoms with E-state index in [-0.39, 0.29) is 23.9 Å². The Hall–Kier alpha value is -3.94. The van der Waals surface area contributed by atoms with Gasteiger partial charge < -0.3 is 5.32 Å². The maximum absolute atomic E-state index is 12.1. The van der Waals surface area contributed by atoms with Crippen molar-refractivity contribution < 1.29 is 14.4 Å². The number of hydrogen-bond acceptors (Lipinski definition) is 4. The smallest absolute Gasteiger partial charge is 0.287 e. The first kappa shape index (κ1) is 19.8. The van der Waals surface area contributed by atoms with Crippen LogP contribution in [0.2, 0.25) is 0 Å². The Labute approximate surface area is 167 Å². The van der Waals surface area contributed by atoms with Crippen LogP contribution < -0.4 is 16.2 Å². The molecule has 1 aromatic heterocycles. The summed E-state index contributed by atoms with van der Waals surface area (Å²) in [5.74, 6) is -1.03. The van der Waals surface area contributed by atoms with Gasteiger partial charge in [0.1, 0.15) is 5.69 Å². The molecular formula is C21H21N5O3. The fourth-order valence-corrected chi connectivity index (χ4v) is 2.59. The van der Waals surface area contributed by atoms with Gasteiger partial charge in [0.2, 0.25) is 5.91 Å². The van der Waals surface area contributed by atoms with Gasteiger partial charge in [-0.05, 0) is 24.6 Å². The topological polar surface area (TPSA) is 116 Å². The van der Waals surface area contributed by atoms with Crippen LogP contribution in [-0.2, 0) is 4.79 Å².